The normalized spacial score (nSPS) is 20.9. The van der Waals surface area contributed by atoms with Gasteiger partial charge in [-0.05, 0) is 43.7 Å². The summed E-state index contributed by atoms with van der Waals surface area (Å²) in [5, 5.41) is 3.58. The van der Waals surface area contributed by atoms with Gasteiger partial charge < -0.3 is 19.9 Å². The minimum atomic E-state index is -0.529. The first-order valence-corrected chi connectivity index (χ1v) is 10.4. The zero-order valence-corrected chi connectivity index (χ0v) is 17.2. The number of piperidine rings is 1. The van der Waals surface area contributed by atoms with E-state index in [9.17, 15) is 4.79 Å². The summed E-state index contributed by atoms with van der Waals surface area (Å²) in [6.07, 6.45) is 8.61. The fourth-order valence-corrected chi connectivity index (χ4v) is 4.65. The molecule has 1 N–H and O–H groups in total. The first kappa shape index (κ1) is 20.0. The van der Waals surface area contributed by atoms with Crippen molar-refractivity contribution in [3.63, 3.8) is 0 Å². The number of likely N-dealkylation sites (N-methyl/N-ethyl adjacent to an activating group) is 1. The number of anilines is 1. The average molecular weight is 374 g/mol. The van der Waals surface area contributed by atoms with Crippen molar-refractivity contribution in [1.29, 1.82) is 0 Å². The Morgan fingerprint density at radius 1 is 1.22 bits per heavy atom. The third-order valence-electron chi connectivity index (χ3n) is 6.22. The molecule has 27 heavy (non-hydrogen) atoms. The van der Waals surface area contributed by atoms with Gasteiger partial charge in [0.25, 0.3) is 0 Å². The third-order valence-corrected chi connectivity index (χ3v) is 6.22. The number of nitrogens with zero attached hydrogens (tertiary/aromatic N) is 2. The molecule has 1 heterocycles. The fourth-order valence-electron chi connectivity index (χ4n) is 4.65. The lowest BCUT2D eigenvalue weighted by molar-refractivity contribution is -0.135. The van der Waals surface area contributed by atoms with Crippen LogP contribution in [0.2, 0.25) is 0 Å². The van der Waals surface area contributed by atoms with E-state index in [0.29, 0.717) is 0 Å². The predicted molar refractivity (Wildman–Crippen MR) is 110 cm³/mol. The number of likely N-dealkylation sites (tertiary alicyclic amines) is 1. The molecule has 1 saturated heterocycles. The lowest BCUT2D eigenvalue weighted by Gasteiger charge is -2.44. The summed E-state index contributed by atoms with van der Waals surface area (Å²) in [6, 6.07) is 7.88. The van der Waals surface area contributed by atoms with Gasteiger partial charge in [-0.3, -0.25) is 4.79 Å². The first-order valence-electron chi connectivity index (χ1n) is 10.4. The topological polar surface area (TPSA) is 44.8 Å². The molecule has 150 valence electrons. The van der Waals surface area contributed by atoms with Crippen LogP contribution in [0.15, 0.2) is 24.3 Å². The van der Waals surface area contributed by atoms with Crippen LogP contribution in [0.5, 0.6) is 5.75 Å². The summed E-state index contributed by atoms with van der Waals surface area (Å²) in [6.45, 7) is 3.16. The molecular formula is C22H35N3O2. The van der Waals surface area contributed by atoms with E-state index < -0.39 is 5.54 Å². The molecule has 1 amide bonds. The Labute approximate surface area is 164 Å². The van der Waals surface area contributed by atoms with Crippen LogP contribution in [-0.4, -0.2) is 62.1 Å². The maximum absolute atomic E-state index is 13.1. The molecule has 5 nitrogen and oxygen atoms in total. The summed E-state index contributed by atoms with van der Waals surface area (Å²) in [4.78, 5) is 17.4. The Morgan fingerprint density at radius 3 is 2.56 bits per heavy atom. The third kappa shape index (κ3) is 4.95. The summed E-state index contributed by atoms with van der Waals surface area (Å²) < 4.78 is 5.34. The van der Waals surface area contributed by atoms with Crippen molar-refractivity contribution < 1.29 is 9.53 Å². The van der Waals surface area contributed by atoms with Crippen molar-refractivity contribution in [3.05, 3.63) is 24.3 Å². The highest BCUT2D eigenvalue weighted by molar-refractivity contribution is 5.89. The van der Waals surface area contributed by atoms with Crippen molar-refractivity contribution in [3.8, 4) is 5.75 Å². The molecule has 0 bridgehead atoms. The molecule has 0 unspecified atom stereocenters. The van der Waals surface area contributed by atoms with Gasteiger partial charge in [0.2, 0.25) is 5.91 Å². The van der Waals surface area contributed by atoms with Crippen LogP contribution in [-0.2, 0) is 4.79 Å². The van der Waals surface area contributed by atoms with Crippen LogP contribution in [0.25, 0.3) is 0 Å². The molecule has 0 aromatic heterocycles. The molecule has 5 heteroatoms. The molecule has 1 saturated carbocycles. The quantitative estimate of drug-likeness (QED) is 0.827. The van der Waals surface area contributed by atoms with E-state index in [1.165, 1.54) is 38.6 Å². The zero-order valence-electron chi connectivity index (χ0n) is 17.2. The molecule has 0 radical (unpaired) electrons. The van der Waals surface area contributed by atoms with Gasteiger partial charge in [-0.1, -0.05) is 25.3 Å². The summed E-state index contributed by atoms with van der Waals surface area (Å²) in [5.41, 5.74) is 0.420. The van der Waals surface area contributed by atoms with E-state index in [1.54, 1.807) is 12.0 Å². The van der Waals surface area contributed by atoms with Gasteiger partial charge in [-0.25, -0.2) is 0 Å². The minimum Gasteiger partial charge on any atom is -0.497 e. The standard InChI is InChI=1S/C22H35N3O2/c1-24(2)21(26)22(23-19-10-7-11-20(16-19)27-3)12-14-25(15-13-22)17-18-8-5-4-6-9-18/h7,10-11,16,18,23H,4-6,8-9,12-15,17H2,1-3H3. The number of benzene rings is 1. The lowest BCUT2D eigenvalue weighted by Crippen LogP contribution is -2.58. The van der Waals surface area contributed by atoms with Crippen LogP contribution < -0.4 is 10.1 Å². The summed E-state index contributed by atoms with van der Waals surface area (Å²) in [5.74, 6) is 1.83. The van der Waals surface area contributed by atoms with Gasteiger partial charge in [0.1, 0.15) is 11.3 Å². The number of rotatable bonds is 6. The highest BCUT2D eigenvalue weighted by Gasteiger charge is 2.42. The van der Waals surface area contributed by atoms with E-state index in [2.05, 4.69) is 10.2 Å². The van der Waals surface area contributed by atoms with Crippen LogP contribution in [0, 0.1) is 5.92 Å². The van der Waals surface area contributed by atoms with Gasteiger partial charge in [0.05, 0.1) is 7.11 Å². The maximum Gasteiger partial charge on any atom is 0.247 e. The lowest BCUT2D eigenvalue weighted by atomic mass is 9.84. The number of nitrogens with one attached hydrogen (secondary N) is 1. The van der Waals surface area contributed by atoms with E-state index in [-0.39, 0.29) is 5.91 Å². The Morgan fingerprint density at radius 2 is 1.93 bits per heavy atom. The monoisotopic (exact) mass is 373 g/mol. The van der Waals surface area contributed by atoms with Gasteiger partial charge in [0, 0.05) is 45.5 Å². The Balaban J connectivity index is 1.68. The largest absolute Gasteiger partial charge is 0.497 e. The average Bonchev–Trinajstić information content (AvgIpc) is 2.70. The number of ether oxygens (including phenoxy) is 1. The molecule has 1 aromatic rings. The predicted octanol–water partition coefficient (Wildman–Crippen LogP) is 3.61. The number of hydrogen-bond donors (Lipinski definition) is 1. The summed E-state index contributed by atoms with van der Waals surface area (Å²) >= 11 is 0. The van der Waals surface area contributed by atoms with E-state index >= 15 is 0 Å². The van der Waals surface area contributed by atoms with Gasteiger partial charge in [0.15, 0.2) is 0 Å². The smallest absolute Gasteiger partial charge is 0.247 e. The van der Waals surface area contributed by atoms with Gasteiger partial charge >= 0.3 is 0 Å². The number of hydrogen-bond acceptors (Lipinski definition) is 4. The van der Waals surface area contributed by atoms with Gasteiger partial charge in [-0.2, -0.15) is 0 Å². The van der Waals surface area contributed by atoms with Crippen LogP contribution in [0.4, 0.5) is 5.69 Å². The second kappa shape index (κ2) is 8.96. The van der Waals surface area contributed by atoms with Crippen LogP contribution in [0.3, 0.4) is 0 Å². The minimum absolute atomic E-state index is 0.169. The Hall–Kier alpha value is -1.75. The molecule has 0 atom stereocenters. The number of carbonyl (C=O) groups excluding carboxylic acids is 1. The van der Waals surface area contributed by atoms with Crippen molar-refractivity contribution in [2.75, 3.05) is 46.2 Å². The van der Waals surface area contributed by atoms with E-state index in [1.807, 2.05) is 38.4 Å². The zero-order chi connectivity index (χ0) is 19.3. The highest BCUT2D eigenvalue weighted by Crippen LogP contribution is 2.32. The summed E-state index contributed by atoms with van der Waals surface area (Å²) in [7, 11) is 5.38. The second-order valence-corrected chi connectivity index (χ2v) is 8.44. The number of methoxy groups -OCH3 is 1. The van der Waals surface area contributed by atoms with Crippen LogP contribution in [0.1, 0.15) is 44.9 Å². The first-order chi connectivity index (χ1) is 13.0. The highest BCUT2D eigenvalue weighted by atomic mass is 16.5. The Bertz CT molecular complexity index is 618. The molecule has 3 rings (SSSR count). The van der Waals surface area contributed by atoms with Crippen LogP contribution >= 0.6 is 0 Å². The van der Waals surface area contributed by atoms with E-state index in [4.69, 9.17) is 4.74 Å². The SMILES string of the molecule is COc1cccc(NC2(C(=O)N(C)C)CCN(CC3CCCCC3)CC2)c1. The molecular weight excluding hydrogens is 338 g/mol. The Kier molecular flexibility index (Phi) is 6.64. The molecule has 1 aromatic carbocycles. The molecule has 1 aliphatic carbocycles. The number of amides is 1. The van der Waals surface area contributed by atoms with Crippen molar-refractivity contribution >= 4 is 11.6 Å². The maximum atomic E-state index is 13.1. The second-order valence-electron chi connectivity index (χ2n) is 8.44. The van der Waals surface area contributed by atoms with E-state index in [0.717, 1.165) is 43.3 Å². The molecule has 1 aliphatic heterocycles. The molecule has 2 fully saturated rings. The molecule has 0 spiro atoms. The van der Waals surface area contributed by atoms with Crippen molar-refractivity contribution in [2.24, 2.45) is 5.92 Å². The van der Waals surface area contributed by atoms with Crippen molar-refractivity contribution in [1.82, 2.24) is 9.80 Å². The van der Waals surface area contributed by atoms with Gasteiger partial charge in [-0.15, -0.1) is 0 Å². The number of carbonyl (C=O) groups is 1. The molecule has 2 aliphatic rings. The van der Waals surface area contributed by atoms with Crippen molar-refractivity contribution in [2.45, 2.75) is 50.5 Å². The fraction of sp³-hybridized carbons (Fsp3) is 0.682.